The molecule has 2 aromatic rings. The highest BCUT2D eigenvalue weighted by Crippen LogP contribution is 2.26. The molecule has 1 atom stereocenters. The summed E-state index contributed by atoms with van der Waals surface area (Å²) in [5, 5.41) is 17.0. The van der Waals surface area contributed by atoms with Crippen molar-refractivity contribution in [1.29, 1.82) is 0 Å². The average Bonchev–Trinajstić information content (AvgIpc) is 3.21. The first-order valence-electron chi connectivity index (χ1n) is 9.77. The van der Waals surface area contributed by atoms with Gasteiger partial charge in [0, 0.05) is 31.9 Å². The van der Waals surface area contributed by atoms with E-state index in [-0.39, 0.29) is 11.0 Å². The van der Waals surface area contributed by atoms with Gasteiger partial charge in [-0.1, -0.05) is 36.0 Å². The number of benzene rings is 2. The predicted molar refractivity (Wildman–Crippen MR) is 123 cm³/mol. The van der Waals surface area contributed by atoms with Crippen LogP contribution in [-0.4, -0.2) is 61.0 Å². The molecule has 158 valence electrons. The number of thioether (sulfide) groups is 1. The van der Waals surface area contributed by atoms with Crippen LogP contribution in [0.3, 0.4) is 0 Å². The number of hydrogen-bond donors (Lipinski definition) is 3. The number of nitrogens with zero attached hydrogens (tertiary/aromatic N) is 2. The van der Waals surface area contributed by atoms with Crippen LogP contribution in [0.5, 0.6) is 5.75 Å². The first-order chi connectivity index (χ1) is 14.5. The van der Waals surface area contributed by atoms with Gasteiger partial charge >= 0.3 is 0 Å². The minimum absolute atomic E-state index is 0.210. The van der Waals surface area contributed by atoms with Gasteiger partial charge in [-0.05, 0) is 42.0 Å². The SMILES string of the molecule is O=S(=O)(c1ccc(NC2=NCC(/C=C/c3cccc(O)c3)S2)cc1)N1CCNCC1. The molecule has 9 heteroatoms. The maximum Gasteiger partial charge on any atom is 0.243 e. The Morgan fingerprint density at radius 3 is 2.67 bits per heavy atom. The number of phenols is 1. The number of anilines is 1. The van der Waals surface area contributed by atoms with E-state index in [0.717, 1.165) is 16.4 Å². The number of nitrogens with one attached hydrogen (secondary N) is 2. The summed E-state index contributed by atoms with van der Waals surface area (Å²) in [6, 6.07) is 13.9. The number of piperazine rings is 1. The zero-order valence-corrected chi connectivity index (χ0v) is 18.0. The Bertz CT molecular complexity index is 1050. The molecule has 30 heavy (non-hydrogen) atoms. The standard InChI is InChI=1S/C21H24N4O3S2/c26-18-3-1-2-16(14-18)4-7-19-15-23-21(29-19)24-17-5-8-20(9-6-17)30(27,28)25-12-10-22-11-13-25/h1-9,14,19,22,26H,10-13,15H2,(H,23,24)/b7-4+. The molecule has 3 N–H and O–H groups in total. The minimum atomic E-state index is -3.45. The van der Waals surface area contributed by atoms with Crippen LogP contribution in [0, 0.1) is 0 Å². The third kappa shape index (κ3) is 5.04. The Balaban J connectivity index is 1.34. The van der Waals surface area contributed by atoms with Crippen molar-refractivity contribution in [1.82, 2.24) is 9.62 Å². The summed E-state index contributed by atoms with van der Waals surface area (Å²) < 4.78 is 27.0. The molecule has 0 aliphatic carbocycles. The highest BCUT2D eigenvalue weighted by atomic mass is 32.2. The molecular weight excluding hydrogens is 420 g/mol. The predicted octanol–water partition coefficient (Wildman–Crippen LogP) is 2.58. The van der Waals surface area contributed by atoms with Gasteiger partial charge in [0.15, 0.2) is 5.17 Å². The van der Waals surface area contributed by atoms with Gasteiger partial charge in [0.25, 0.3) is 0 Å². The van der Waals surface area contributed by atoms with E-state index in [2.05, 4.69) is 21.7 Å². The van der Waals surface area contributed by atoms with E-state index in [1.165, 1.54) is 4.31 Å². The third-order valence-electron chi connectivity index (χ3n) is 4.87. The van der Waals surface area contributed by atoms with Crippen LogP contribution in [0.4, 0.5) is 5.69 Å². The fourth-order valence-corrected chi connectivity index (χ4v) is 5.63. The number of aromatic hydroxyl groups is 1. The largest absolute Gasteiger partial charge is 0.508 e. The molecule has 2 aliphatic rings. The molecule has 2 aromatic carbocycles. The van der Waals surface area contributed by atoms with Gasteiger partial charge in [-0.3, -0.25) is 4.99 Å². The number of amidine groups is 1. The molecule has 0 spiro atoms. The molecule has 0 amide bonds. The quantitative estimate of drug-likeness (QED) is 0.656. The van der Waals surface area contributed by atoms with Crippen molar-refractivity contribution in [3.8, 4) is 5.75 Å². The maximum atomic E-state index is 12.7. The summed E-state index contributed by atoms with van der Waals surface area (Å²) in [7, 11) is -3.45. The van der Waals surface area contributed by atoms with E-state index in [0.29, 0.717) is 37.6 Å². The average molecular weight is 445 g/mol. The van der Waals surface area contributed by atoms with Crippen LogP contribution < -0.4 is 10.6 Å². The second-order valence-electron chi connectivity index (χ2n) is 7.06. The second kappa shape index (κ2) is 9.22. The van der Waals surface area contributed by atoms with E-state index in [1.807, 2.05) is 18.2 Å². The molecular formula is C21H24N4O3S2. The van der Waals surface area contributed by atoms with Crippen LogP contribution in [0.1, 0.15) is 5.56 Å². The summed E-state index contributed by atoms with van der Waals surface area (Å²) >= 11 is 1.62. The van der Waals surface area contributed by atoms with Gasteiger partial charge in [-0.2, -0.15) is 4.31 Å². The molecule has 0 bridgehead atoms. The highest BCUT2D eigenvalue weighted by molar-refractivity contribution is 8.15. The Labute approximate surface area is 181 Å². The number of aliphatic imine (C=N–C) groups is 1. The number of phenolic OH excluding ortho intramolecular Hbond substituents is 1. The zero-order chi connectivity index (χ0) is 21.0. The van der Waals surface area contributed by atoms with Crippen LogP contribution in [-0.2, 0) is 10.0 Å². The molecule has 4 rings (SSSR count). The Morgan fingerprint density at radius 2 is 1.93 bits per heavy atom. The lowest BCUT2D eigenvalue weighted by molar-refractivity contribution is 0.360. The highest BCUT2D eigenvalue weighted by Gasteiger charge is 2.25. The Morgan fingerprint density at radius 1 is 1.17 bits per heavy atom. The van der Waals surface area contributed by atoms with Crippen molar-refractivity contribution < 1.29 is 13.5 Å². The lowest BCUT2D eigenvalue weighted by Gasteiger charge is -2.26. The van der Waals surface area contributed by atoms with Crippen molar-refractivity contribution in [3.63, 3.8) is 0 Å². The van der Waals surface area contributed by atoms with Crippen molar-refractivity contribution >= 4 is 38.7 Å². The van der Waals surface area contributed by atoms with Crippen LogP contribution in [0.15, 0.2) is 64.5 Å². The molecule has 7 nitrogen and oxygen atoms in total. The van der Waals surface area contributed by atoms with Crippen molar-refractivity contribution in [2.24, 2.45) is 4.99 Å². The van der Waals surface area contributed by atoms with Gasteiger partial charge in [-0.15, -0.1) is 0 Å². The monoisotopic (exact) mass is 444 g/mol. The summed E-state index contributed by atoms with van der Waals surface area (Å²) in [4.78, 5) is 4.83. The van der Waals surface area contributed by atoms with E-state index >= 15 is 0 Å². The number of rotatable bonds is 5. The minimum Gasteiger partial charge on any atom is -0.508 e. The van der Waals surface area contributed by atoms with Gasteiger partial charge in [0.1, 0.15) is 5.75 Å². The van der Waals surface area contributed by atoms with Crippen molar-refractivity contribution in [3.05, 3.63) is 60.2 Å². The van der Waals surface area contributed by atoms with Crippen LogP contribution in [0.25, 0.3) is 6.08 Å². The van der Waals surface area contributed by atoms with E-state index < -0.39 is 10.0 Å². The number of hydrogen-bond acceptors (Lipinski definition) is 7. The maximum absolute atomic E-state index is 12.7. The molecule has 1 unspecified atom stereocenters. The summed E-state index contributed by atoms with van der Waals surface area (Å²) in [5.41, 5.74) is 1.75. The van der Waals surface area contributed by atoms with Gasteiger partial charge in [0.05, 0.1) is 16.7 Å². The number of sulfonamides is 1. The summed E-state index contributed by atoms with van der Waals surface area (Å²) in [6.45, 7) is 3.01. The zero-order valence-electron chi connectivity index (χ0n) is 16.4. The Kier molecular flexibility index (Phi) is 6.43. The van der Waals surface area contributed by atoms with E-state index in [9.17, 15) is 13.5 Å². The van der Waals surface area contributed by atoms with Crippen molar-refractivity contribution in [2.45, 2.75) is 10.1 Å². The normalized spacial score (nSPS) is 20.4. The van der Waals surface area contributed by atoms with Crippen LogP contribution >= 0.6 is 11.8 Å². The summed E-state index contributed by atoms with van der Waals surface area (Å²) in [6.07, 6.45) is 4.05. The van der Waals surface area contributed by atoms with Gasteiger partial charge in [0.2, 0.25) is 10.0 Å². The lowest BCUT2D eigenvalue weighted by atomic mass is 10.2. The van der Waals surface area contributed by atoms with Gasteiger partial charge < -0.3 is 15.7 Å². The lowest BCUT2D eigenvalue weighted by Crippen LogP contribution is -2.46. The topological polar surface area (TPSA) is 94.0 Å². The molecule has 0 radical (unpaired) electrons. The third-order valence-corrected chi connectivity index (χ3v) is 7.85. The molecule has 0 aromatic heterocycles. The summed E-state index contributed by atoms with van der Waals surface area (Å²) in [5.74, 6) is 0.247. The van der Waals surface area contributed by atoms with Crippen LogP contribution in [0.2, 0.25) is 0 Å². The molecule has 2 heterocycles. The first kappa shape index (κ1) is 20.9. The van der Waals surface area contributed by atoms with Gasteiger partial charge in [-0.25, -0.2) is 8.42 Å². The molecule has 1 saturated heterocycles. The smallest absolute Gasteiger partial charge is 0.243 e. The van der Waals surface area contributed by atoms with E-state index in [1.54, 1.807) is 48.2 Å². The fourth-order valence-electron chi connectivity index (χ4n) is 3.27. The fraction of sp³-hybridized carbons (Fsp3) is 0.286. The van der Waals surface area contributed by atoms with Crippen molar-refractivity contribution in [2.75, 3.05) is 38.0 Å². The Hall–Kier alpha value is -2.33. The molecule has 0 saturated carbocycles. The second-order valence-corrected chi connectivity index (χ2v) is 10.2. The molecule has 1 fully saturated rings. The van der Waals surface area contributed by atoms with E-state index in [4.69, 9.17) is 0 Å². The first-order valence-corrected chi connectivity index (χ1v) is 12.1. The molecule has 2 aliphatic heterocycles.